The monoisotopic (exact) mass is 447 g/mol. The van der Waals surface area contributed by atoms with Crippen LogP contribution < -0.4 is 14.4 Å². The molecule has 2 aromatic rings. The lowest BCUT2D eigenvalue weighted by molar-refractivity contribution is -0.113. The van der Waals surface area contributed by atoms with Gasteiger partial charge < -0.3 is 9.47 Å². The van der Waals surface area contributed by atoms with Crippen molar-refractivity contribution in [2.75, 3.05) is 18.1 Å². The highest BCUT2D eigenvalue weighted by atomic mass is 35.5. The van der Waals surface area contributed by atoms with Crippen LogP contribution in [0.2, 0.25) is 5.02 Å². The van der Waals surface area contributed by atoms with E-state index in [0.29, 0.717) is 39.0 Å². The number of hydrogen-bond acceptors (Lipinski definition) is 5. The summed E-state index contributed by atoms with van der Waals surface area (Å²) >= 11 is 13.1. The molecular weight excluding hydrogens is 426 g/mol. The van der Waals surface area contributed by atoms with E-state index < -0.39 is 0 Å². The van der Waals surface area contributed by atoms with E-state index in [-0.39, 0.29) is 5.91 Å². The fourth-order valence-electron chi connectivity index (χ4n) is 2.93. The van der Waals surface area contributed by atoms with Gasteiger partial charge in [0.15, 0.2) is 15.8 Å². The van der Waals surface area contributed by atoms with Crippen molar-refractivity contribution >= 4 is 57.6 Å². The van der Waals surface area contributed by atoms with Gasteiger partial charge in [-0.25, -0.2) is 0 Å². The Kier molecular flexibility index (Phi) is 6.88. The Labute approximate surface area is 185 Å². The lowest BCUT2D eigenvalue weighted by Crippen LogP contribution is -2.27. The second-order valence-corrected chi connectivity index (χ2v) is 8.56. The van der Waals surface area contributed by atoms with Crippen LogP contribution in [0.3, 0.4) is 0 Å². The zero-order valence-electron chi connectivity index (χ0n) is 16.7. The van der Waals surface area contributed by atoms with Gasteiger partial charge >= 0.3 is 0 Å². The van der Waals surface area contributed by atoms with Gasteiger partial charge in [0.1, 0.15) is 0 Å². The first-order valence-electron chi connectivity index (χ1n) is 9.30. The molecule has 29 heavy (non-hydrogen) atoms. The molecule has 1 fully saturated rings. The maximum absolute atomic E-state index is 13.0. The van der Waals surface area contributed by atoms with Crippen molar-refractivity contribution in [1.82, 2.24) is 0 Å². The van der Waals surface area contributed by atoms with Crippen molar-refractivity contribution < 1.29 is 14.3 Å². The molecule has 7 heteroatoms. The average Bonchev–Trinajstić information content (AvgIpc) is 2.94. The second-order valence-electron chi connectivity index (χ2n) is 6.48. The van der Waals surface area contributed by atoms with Gasteiger partial charge in [-0.2, -0.15) is 0 Å². The van der Waals surface area contributed by atoms with Gasteiger partial charge in [0.05, 0.1) is 28.8 Å². The third-order valence-electron chi connectivity index (χ3n) is 4.46. The Balaban J connectivity index is 1.95. The normalized spacial score (nSPS) is 15.3. The molecule has 0 aromatic heterocycles. The third kappa shape index (κ3) is 4.60. The van der Waals surface area contributed by atoms with Crippen LogP contribution in [0, 0.1) is 13.8 Å². The number of benzene rings is 2. The van der Waals surface area contributed by atoms with E-state index in [4.69, 9.17) is 33.3 Å². The number of hydrogen-bond donors (Lipinski definition) is 0. The lowest BCUT2D eigenvalue weighted by atomic mass is 10.1. The number of thioether (sulfide) groups is 1. The van der Waals surface area contributed by atoms with Crippen LogP contribution >= 0.6 is 35.6 Å². The molecule has 0 atom stereocenters. The van der Waals surface area contributed by atoms with Crippen LogP contribution in [0.15, 0.2) is 35.2 Å². The molecule has 0 bridgehead atoms. The van der Waals surface area contributed by atoms with Crippen molar-refractivity contribution in [3.05, 3.63) is 56.9 Å². The molecule has 0 saturated carbocycles. The summed E-state index contributed by atoms with van der Waals surface area (Å²) in [5, 5.41) is 0.439. The molecule has 1 amide bonds. The molecule has 0 spiro atoms. The summed E-state index contributed by atoms with van der Waals surface area (Å²) in [5.41, 5.74) is 3.81. The summed E-state index contributed by atoms with van der Waals surface area (Å²) in [6.07, 6.45) is 1.78. The summed E-state index contributed by atoms with van der Waals surface area (Å²) in [6, 6.07) is 9.47. The number of carbonyl (C=O) groups is 1. The number of aryl methyl sites for hydroxylation is 2. The number of rotatable bonds is 6. The van der Waals surface area contributed by atoms with E-state index in [1.807, 2.05) is 52.0 Å². The molecule has 3 rings (SSSR count). The van der Waals surface area contributed by atoms with Crippen molar-refractivity contribution in [3.63, 3.8) is 0 Å². The predicted octanol–water partition coefficient (Wildman–Crippen LogP) is 6.16. The Morgan fingerprint density at radius 3 is 2.48 bits per heavy atom. The van der Waals surface area contributed by atoms with E-state index in [1.165, 1.54) is 17.3 Å². The van der Waals surface area contributed by atoms with Gasteiger partial charge in [-0.05, 0) is 74.7 Å². The molecule has 0 unspecified atom stereocenters. The Bertz CT molecular complexity index is 1000. The first-order valence-corrected chi connectivity index (χ1v) is 10.9. The van der Waals surface area contributed by atoms with Crippen molar-refractivity contribution in [2.45, 2.75) is 27.7 Å². The fourth-order valence-corrected chi connectivity index (χ4v) is 4.50. The van der Waals surface area contributed by atoms with Crippen molar-refractivity contribution in [3.8, 4) is 11.5 Å². The number of carbonyl (C=O) groups excluding carboxylic acids is 1. The fraction of sp³-hybridized carbons (Fsp3) is 0.273. The molecule has 2 aromatic carbocycles. The molecule has 0 aliphatic carbocycles. The molecule has 1 aliphatic heterocycles. The van der Waals surface area contributed by atoms with E-state index in [9.17, 15) is 4.79 Å². The molecule has 1 aliphatic rings. The summed E-state index contributed by atoms with van der Waals surface area (Å²) in [4.78, 5) is 15.1. The standard InChI is InChI=1S/C22H22ClNO3S2/c1-5-26-18-11-15(10-17(23)20(18)27-6-2)12-19-21(25)24(22(28)29-19)16-8-7-13(3)14(4)9-16/h7-12H,5-6H2,1-4H3/b19-12+. The van der Waals surface area contributed by atoms with Gasteiger partial charge in [-0.3, -0.25) is 9.69 Å². The zero-order chi connectivity index (χ0) is 21.1. The summed E-state index contributed by atoms with van der Waals surface area (Å²) in [5.74, 6) is 0.916. The van der Waals surface area contributed by atoms with Gasteiger partial charge in [-0.1, -0.05) is 41.6 Å². The molecule has 1 heterocycles. The minimum atomic E-state index is -0.147. The van der Waals surface area contributed by atoms with E-state index in [2.05, 4.69) is 0 Å². The number of thiocarbonyl (C=S) groups is 1. The largest absolute Gasteiger partial charge is 0.490 e. The van der Waals surface area contributed by atoms with Gasteiger partial charge in [0.2, 0.25) is 0 Å². The molecular formula is C22H22ClNO3S2. The van der Waals surface area contributed by atoms with Crippen LogP contribution in [0.1, 0.15) is 30.5 Å². The highest BCUT2D eigenvalue weighted by Gasteiger charge is 2.33. The Morgan fingerprint density at radius 1 is 1.10 bits per heavy atom. The molecule has 0 radical (unpaired) electrons. The van der Waals surface area contributed by atoms with E-state index in [1.54, 1.807) is 17.0 Å². The van der Waals surface area contributed by atoms with Gasteiger partial charge in [0.25, 0.3) is 5.91 Å². The zero-order valence-corrected chi connectivity index (χ0v) is 19.1. The molecule has 1 saturated heterocycles. The molecule has 0 N–H and O–H groups in total. The van der Waals surface area contributed by atoms with Gasteiger partial charge in [-0.15, -0.1) is 0 Å². The van der Waals surface area contributed by atoms with Crippen LogP contribution in [-0.2, 0) is 4.79 Å². The SMILES string of the molecule is CCOc1cc(/C=C2/SC(=S)N(c3ccc(C)c(C)c3)C2=O)cc(Cl)c1OCC. The molecule has 4 nitrogen and oxygen atoms in total. The van der Waals surface area contributed by atoms with Crippen LogP contribution in [0.4, 0.5) is 5.69 Å². The van der Waals surface area contributed by atoms with E-state index in [0.717, 1.165) is 16.8 Å². The number of amides is 1. The summed E-state index contributed by atoms with van der Waals surface area (Å²) in [6.45, 7) is 8.80. The number of nitrogens with zero attached hydrogens (tertiary/aromatic N) is 1. The van der Waals surface area contributed by atoms with Crippen molar-refractivity contribution in [1.29, 1.82) is 0 Å². The minimum absolute atomic E-state index is 0.147. The smallest absolute Gasteiger partial charge is 0.270 e. The average molecular weight is 448 g/mol. The minimum Gasteiger partial charge on any atom is -0.490 e. The highest BCUT2D eigenvalue weighted by Crippen LogP contribution is 2.40. The van der Waals surface area contributed by atoms with Gasteiger partial charge in [0, 0.05) is 0 Å². The highest BCUT2D eigenvalue weighted by molar-refractivity contribution is 8.27. The Morgan fingerprint density at radius 2 is 1.83 bits per heavy atom. The molecule has 152 valence electrons. The summed E-state index contributed by atoms with van der Waals surface area (Å²) in [7, 11) is 0. The third-order valence-corrected chi connectivity index (χ3v) is 6.04. The maximum Gasteiger partial charge on any atom is 0.270 e. The topological polar surface area (TPSA) is 38.8 Å². The van der Waals surface area contributed by atoms with Crippen LogP contribution in [0.5, 0.6) is 11.5 Å². The summed E-state index contributed by atoms with van der Waals surface area (Å²) < 4.78 is 11.8. The second kappa shape index (κ2) is 9.20. The van der Waals surface area contributed by atoms with Crippen LogP contribution in [-0.4, -0.2) is 23.4 Å². The van der Waals surface area contributed by atoms with E-state index >= 15 is 0 Å². The first kappa shape index (κ1) is 21.7. The number of anilines is 1. The first-order chi connectivity index (χ1) is 13.8. The lowest BCUT2D eigenvalue weighted by Gasteiger charge is -2.16. The van der Waals surface area contributed by atoms with Crippen LogP contribution in [0.25, 0.3) is 6.08 Å². The number of ether oxygens (including phenoxy) is 2. The number of halogens is 1. The van der Waals surface area contributed by atoms with Crippen molar-refractivity contribution in [2.24, 2.45) is 0 Å². The Hall–Kier alpha value is -2.02. The predicted molar refractivity (Wildman–Crippen MR) is 125 cm³/mol. The quantitative estimate of drug-likeness (QED) is 0.391. The maximum atomic E-state index is 13.0.